The minimum atomic E-state index is -0.771. The first-order chi connectivity index (χ1) is 9.38. The highest BCUT2D eigenvalue weighted by Crippen LogP contribution is 2.29. The summed E-state index contributed by atoms with van der Waals surface area (Å²) in [5.41, 5.74) is -1.23. The second-order valence-corrected chi connectivity index (χ2v) is 3.99. The highest BCUT2D eigenvalue weighted by molar-refractivity contribution is 5.96. The van der Waals surface area contributed by atoms with Crippen molar-refractivity contribution in [2.45, 2.75) is 13.3 Å². The van der Waals surface area contributed by atoms with Crippen molar-refractivity contribution >= 4 is 17.3 Å². The maximum absolute atomic E-state index is 11.7. The molecule has 0 unspecified atom stereocenters. The molecule has 9 nitrogen and oxygen atoms in total. The fourth-order valence-electron chi connectivity index (χ4n) is 1.58. The molecule has 0 aliphatic heterocycles. The van der Waals surface area contributed by atoms with E-state index in [1.807, 2.05) is 0 Å². The molecule has 0 bridgehead atoms. The van der Waals surface area contributed by atoms with Crippen LogP contribution in [0.1, 0.15) is 22.3 Å². The summed E-state index contributed by atoms with van der Waals surface area (Å²) >= 11 is 0. The first-order valence-corrected chi connectivity index (χ1v) is 5.71. The third-order valence-electron chi connectivity index (χ3n) is 2.63. The Labute approximate surface area is 113 Å². The lowest BCUT2D eigenvalue weighted by Gasteiger charge is -2.06. The van der Waals surface area contributed by atoms with E-state index in [1.165, 1.54) is 6.92 Å². The zero-order chi connectivity index (χ0) is 15.3. The SMILES string of the molecule is Cc1c([N+](=O)[O-])cc(C(=O)NCCCO)cc1[N+](=O)[O-]. The number of nitro groups is 2. The van der Waals surface area contributed by atoms with Gasteiger partial charge in [0.25, 0.3) is 17.3 Å². The van der Waals surface area contributed by atoms with Gasteiger partial charge in [-0.3, -0.25) is 25.0 Å². The summed E-state index contributed by atoms with van der Waals surface area (Å²) in [6.07, 6.45) is 0.321. The average Bonchev–Trinajstić information content (AvgIpc) is 2.38. The molecule has 2 N–H and O–H groups in total. The molecule has 1 aromatic rings. The summed E-state index contributed by atoms with van der Waals surface area (Å²) in [6.45, 7) is 1.31. The number of aliphatic hydroxyl groups excluding tert-OH is 1. The van der Waals surface area contributed by atoms with Crippen molar-refractivity contribution in [1.82, 2.24) is 5.32 Å². The van der Waals surface area contributed by atoms with E-state index < -0.39 is 27.1 Å². The average molecular weight is 283 g/mol. The molecular formula is C11H13N3O6. The van der Waals surface area contributed by atoms with Crippen LogP contribution < -0.4 is 5.32 Å². The van der Waals surface area contributed by atoms with Crippen LogP contribution in [-0.4, -0.2) is 34.0 Å². The molecule has 0 aromatic heterocycles. The Morgan fingerprint density at radius 2 is 1.75 bits per heavy atom. The van der Waals surface area contributed by atoms with E-state index in [4.69, 9.17) is 5.11 Å². The van der Waals surface area contributed by atoms with Gasteiger partial charge in [0.05, 0.1) is 15.4 Å². The maximum Gasteiger partial charge on any atom is 0.279 e. The molecule has 1 rings (SSSR count). The van der Waals surface area contributed by atoms with Crippen LogP contribution >= 0.6 is 0 Å². The molecule has 20 heavy (non-hydrogen) atoms. The van der Waals surface area contributed by atoms with Gasteiger partial charge in [-0.2, -0.15) is 0 Å². The monoisotopic (exact) mass is 283 g/mol. The smallest absolute Gasteiger partial charge is 0.279 e. The van der Waals surface area contributed by atoms with Gasteiger partial charge < -0.3 is 10.4 Å². The highest BCUT2D eigenvalue weighted by Gasteiger charge is 2.25. The lowest BCUT2D eigenvalue weighted by Crippen LogP contribution is -2.25. The van der Waals surface area contributed by atoms with Crippen LogP contribution in [0.3, 0.4) is 0 Å². The number of hydrogen-bond acceptors (Lipinski definition) is 6. The number of aliphatic hydroxyl groups is 1. The second kappa shape index (κ2) is 6.57. The predicted octanol–water partition coefficient (Wildman–Crippen LogP) is 0.924. The molecule has 1 aromatic carbocycles. The Kier molecular flexibility index (Phi) is 5.09. The van der Waals surface area contributed by atoms with Gasteiger partial charge in [-0.25, -0.2) is 0 Å². The Morgan fingerprint density at radius 3 is 2.15 bits per heavy atom. The van der Waals surface area contributed by atoms with Gasteiger partial charge in [-0.1, -0.05) is 0 Å². The molecule has 0 heterocycles. The van der Waals surface area contributed by atoms with Crippen LogP contribution in [-0.2, 0) is 0 Å². The third-order valence-corrected chi connectivity index (χ3v) is 2.63. The van der Waals surface area contributed by atoms with Crippen molar-refractivity contribution in [3.8, 4) is 0 Å². The molecular weight excluding hydrogens is 270 g/mol. The van der Waals surface area contributed by atoms with Gasteiger partial charge in [0, 0.05) is 25.3 Å². The zero-order valence-electron chi connectivity index (χ0n) is 10.7. The second-order valence-electron chi connectivity index (χ2n) is 3.99. The zero-order valence-corrected chi connectivity index (χ0v) is 10.7. The van der Waals surface area contributed by atoms with Crippen LogP contribution in [0.25, 0.3) is 0 Å². The Morgan fingerprint density at radius 1 is 1.25 bits per heavy atom. The van der Waals surface area contributed by atoms with E-state index in [0.29, 0.717) is 6.42 Å². The van der Waals surface area contributed by atoms with Gasteiger partial charge in [0.2, 0.25) is 0 Å². The van der Waals surface area contributed by atoms with E-state index in [0.717, 1.165) is 12.1 Å². The number of nitro benzene ring substituents is 2. The molecule has 0 saturated carbocycles. The number of carbonyl (C=O) groups excluding carboxylic acids is 1. The summed E-state index contributed by atoms with van der Waals surface area (Å²) in [5.74, 6) is -0.662. The molecule has 0 aliphatic rings. The molecule has 0 atom stereocenters. The number of carbonyl (C=O) groups is 1. The number of benzene rings is 1. The third kappa shape index (κ3) is 3.48. The van der Waals surface area contributed by atoms with E-state index in [-0.39, 0.29) is 24.3 Å². The summed E-state index contributed by atoms with van der Waals surface area (Å²) in [4.78, 5) is 31.9. The largest absolute Gasteiger partial charge is 0.396 e. The lowest BCUT2D eigenvalue weighted by atomic mass is 10.1. The molecule has 1 amide bonds. The summed E-state index contributed by atoms with van der Waals surface area (Å²) in [6, 6.07) is 1.99. The van der Waals surface area contributed by atoms with Crippen LogP contribution in [0, 0.1) is 27.2 Å². The fraction of sp³-hybridized carbons (Fsp3) is 0.364. The van der Waals surface area contributed by atoms with E-state index >= 15 is 0 Å². The van der Waals surface area contributed by atoms with Gasteiger partial charge in [0.15, 0.2) is 0 Å². The Bertz CT molecular complexity index is 522. The molecule has 0 spiro atoms. The molecule has 108 valence electrons. The molecule has 9 heteroatoms. The fourth-order valence-corrected chi connectivity index (χ4v) is 1.58. The normalized spacial score (nSPS) is 10.1. The summed E-state index contributed by atoms with van der Waals surface area (Å²) < 4.78 is 0. The maximum atomic E-state index is 11.7. The Hall–Kier alpha value is -2.55. The molecule has 0 radical (unpaired) electrons. The Balaban J connectivity index is 3.17. The number of rotatable bonds is 6. The number of nitrogens with one attached hydrogen (secondary N) is 1. The van der Waals surface area contributed by atoms with Gasteiger partial charge in [0.1, 0.15) is 5.56 Å². The van der Waals surface area contributed by atoms with Crippen molar-refractivity contribution in [1.29, 1.82) is 0 Å². The summed E-state index contributed by atoms with van der Waals surface area (Å²) in [5, 5.41) is 32.7. The van der Waals surface area contributed by atoms with E-state index in [1.54, 1.807) is 0 Å². The first kappa shape index (κ1) is 15.5. The summed E-state index contributed by atoms with van der Waals surface area (Å²) in [7, 11) is 0. The number of amides is 1. The molecule has 0 fully saturated rings. The van der Waals surface area contributed by atoms with E-state index in [2.05, 4.69) is 5.32 Å². The van der Waals surface area contributed by atoms with Gasteiger partial charge in [-0.05, 0) is 13.3 Å². The van der Waals surface area contributed by atoms with Crippen molar-refractivity contribution < 1.29 is 19.7 Å². The first-order valence-electron chi connectivity index (χ1n) is 5.71. The van der Waals surface area contributed by atoms with Crippen molar-refractivity contribution in [3.63, 3.8) is 0 Å². The highest BCUT2D eigenvalue weighted by atomic mass is 16.6. The lowest BCUT2D eigenvalue weighted by molar-refractivity contribution is -0.395. The van der Waals surface area contributed by atoms with E-state index in [9.17, 15) is 25.0 Å². The molecule has 0 aliphatic carbocycles. The van der Waals surface area contributed by atoms with Crippen LogP contribution in [0.4, 0.5) is 11.4 Å². The minimum Gasteiger partial charge on any atom is -0.396 e. The van der Waals surface area contributed by atoms with Crippen LogP contribution in [0.15, 0.2) is 12.1 Å². The number of hydrogen-bond donors (Lipinski definition) is 2. The molecule has 0 saturated heterocycles. The number of nitrogens with zero attached hydrogens (tertiary/aromatic N) is 2. The minimum absolute atomic E-state index is 0.105. The topological polar surface area (TPSA) is 136 Å². The van der Waals surface area contributed by atoms with Gasteiger partial charge in [-0.15, -0.1) is 0 Å². The van der Waals surface area contributed by atoms with Crippen LogP contribution in [0.5, 0.6) is 0 Å². The predicted molar refractivity (Wildman–Crippen MR) is 68.5 cm³/mol. The van der Waals surface area contributed by atoms with Crippen molar-refractivity contribution in [2.75, 3.05) is 13.2 Å². The quantitative estimate of drug-likeness (QED) is 0.452. The standard InChI is InChI=1S/C11H13N3O6/c1-7-9(13(17)18)5-8(6-10(7)14(19)20)11(16)12-3-2-4-15/h5-6,15H,2-4H2,1H3,(H,12,16). The van der Waals surface area contributed by atoms with Crippen LogP contribution in [0.2, 0.25) is 0 Å². The van der Waals surface area contributed by atoms with Crippen molar-refractivity contribution in [3.05, 3.63) is 43.5 Å². The van der Waals surface area contributed by atoms with Gasteiger partial charge >= 0.3 is 0 Å². The van der Waals surface area contributed by atoms with Crippen molar-refractivity contribution in [2.24, 2.45) is 0 Å².